The van der Waals surface area contributed by atoms with Crippen molar-refractivity contribution in [3.8, 4) is 0 Å². The lowest BCUT2D eigenvalue weighted by Gasteiger charge is -2.05. The molecule has 1 aromatic carbocycles. The predicted molar refractivity (Wildman–Crippen MR) is 89.2 cm³/mol. The first-order chi connectivity index (χ1) is 10.6. The number of rotatable bonds is 4. The first-order valence-corrected chi connectivity index (χ1v) is 7.54. The molecule has 0 atom stereocenters. The van der Waals surface area contributed by atoms with Crippen LogP contribution < -0.4 is 5.32 Å². The summed E-state index contributed by atoms with van der Waals surface area (Å²) >= 11 is 0. The van der Waals surface area contributed by atoms with E-state index in [2.05, 4.69) is 22.4 Å². The third-order valence-corrected chi connectivity index (χ3v) is 4.37. The van der Waals surface area contributed by atoms with Gasteiger partial charge in [-0.1, -0.05) is 18.2 Å². The number of carbonyl (C=O) groups excluding carboxylic acids is 1. The van der Waals surface area contributed by atoms with Crippen molar-refractivity contribution in [2.24, 2.45) is 7.05 Å². The van der Waals surface area contributed by atoms with Gasteiger partial charge in [0.05, 0.1) is 5.56 Å². The van der Waals surface area contributed by atoms with E-state index in [1.165, 1.54) is 10.9 Å². The second-order valence-electron chi connectivity index (χ2n) is 5.71. The minimum absolute atomic E-state index is 0.000964. The van der Waals surface area contributed by atoms with Crippen molar-refractivity contribution in [3.05, 3.63) is 59.0 Å². The van der Waals surface area contributed by atoms with Gasteiger partial charge in [0.2, 0.25) is 0 Å². The number of nitrogens with zero attached hydrogens (tertiary/aromatic N) is 1. The number of amides is 1. The Morgan fingerprint density at radius 1 is 1.27 bits per heavy atom. The normalized spacial score (nSPS) is 11.0. The Morgan fingerprint density at radius 2 is 2.05 bits per heavy atom. The summed E-state index contributed by atoms with van der Waals surface area (Å²) in [4.78, 5) is 15.6. The molecular formula is C18H21N3O. The van der Waals surface area contributed by atoms with E-state index in [4.69, 9.17) is 0 Å². The second kappa shape index (κ2) is 5.72. The monoisotopic (exact) mass is 295 g/mol. The van der Waals surface area contributed by atoms with Gasteiger partial charge in [0.1, 0.15) is 0 Å². The summed E-state index contributed by atoms with van der Waals surface area (Å²) in [6, 6.07) is 10.2. The molecule has 0 radical (unpaired) electrons. The predicted octanol–water partition coefficient (Wildman–Crippen LogP) is 3.10. The van der Waals surface area contributed by atoms with Crippen LogP contribution in [0, 0.1) is 13.8 Å². The Balaban J connectivity index is 1.65. The highest BCUT2D eigenvalue weighted by Crippen LogP contribution is 2.18. The molecule has 2 heterocycles. The largest absolute Gasteiger partial charge is 0.361 e. The molecule has 2 N–H and O–H groups in total. The molecule has 0 saturated heterocycles. The fourth-order valence-electron chi connectivity index (χ4n) is 2.83. The molecule has 0 bridgehead atoms. The highest BCUT2D eigenvalue weighted by atomic mass is 16.1. The van der Waals surface area contributed by atoms with Gasteiger partial charge in [-0.05, 0) is 38.0 Å². The number of benzene rings is 1. The van der Waals surface area contributed by atoms with E-state index >= 15 is 0 Å². The van der Waals surface area contributed by atoms with Crippen LogP contribution in [0.25, 0.3) is 10.9 Å². The molecule has 4 nitrogen and oxygen atoms in total. The molecule has 0 aliphatic heterocycles. The number of hydrogen-bond acceptors (Lipinski definition) is 1. The first kappa shape index (κ1) is 14.4. The summed E-state index contributed by atoms with van der Waals surface area (Å²) in [5, 5.41) is 4.24. The zero-order valence-corrected chi connectivity index (χ0v) is 13.2. The lowest BCUT2D eigenvalue weighted by Crippen LogP contribution is -2.26. The molecule has 0 fully saturated rings. The number of aryl methyl sites for hydroxylation is 1. The van der Waals surface area contributed by atoms with Crippen LogP contribution in [0.2, 0.25) is 0 Å². The average molecular weight is 295 g/mol. The SMILES string of the molecule is Cc1cc(C(=O)NCCc2c[nH]c3ccccc23)c(C)n1C. The van der Waals surface area contributed by atoms with Crippen LogP contribution in [-0.2, 0) is 13.5 Å². The highest BCUT2D eigenvalue weighted by Gasteiger charge is 2.13. The Labute approximate surface area is 130 Å². The Bertz CT molecular complexity index is 826. The number of aromatic nitrogens is 2. The molecular weight excluding hydrogens is 274 g/mol. The maximum Gasteiger partial charge on any atom is 0.253 e. The summed E-state index contributed by atoms with van der Waals surface area (Å²) in [5.74, 6) is 0.000964. The topological polar surface area (TPSA) is 49.8 Å². The highest BCUT2D eigenvalue weighted by molar-refractivity contribution is 5.95. The maximum atomic E-state index is 12.3. The van der Waals surface area contributed by atoms with Gasteiger partial charge < -0.3 is 14.9 Å². The average Bonchev–Trinajstić information content (AvgIpc) is 3.04. The van der Waals surface area contributed by atoms with Crippen LogP contribution in [0.4, 0.5) is 0 Å². The van der Waals surface area contributed by atoms with Crippen LogP contribution in [0.5, 0.6) is 0 Å². The van der Waals surface area contributed by atoms with Crippen LogP contribution in [0.15, 0.2) is 36.5 Å². The molecule has 0 aliphatic carbocycles. The quantitative estimate of drug-likeness (QED) is 0.763. The van der Waals surface area contributed by atoms with Gasteiger partial charge >= 0.3 is 0 Å². The van der Waals surface area contributed by atoms with Crippen molar-refractivity contribution < 1.29 is 4.79 Å². The lowest BCUT2D eigenvalue weighted by molar-refractivity contribution is 0.0953. The minimum Gasteiger partial charge on any atom is -0.361 e. The number of hydrogen-bond donors (Lipinski definition) is 2. The Hall–Kier alpha value is -2.49. The molecule has 3 aromatic rings. The van der Waals surface area contributed by atoms with Gasteiger partial charge in [-0.2, -0.15) is 0 Å². The molecule has 22 heavy (non-hydrogen) atoms. The van der Waals surface area contributed by atoms with Gasteiger partial charge in [0.25, 0.3) is 5.91 Å². The van der Waals surface area contributed by atoms with Crippen molar-refractivity contribution in [1.29, 1.82) is 0 Å². The number of aromatic amines is 1. The minimum atomic E-state index is 0.000964. The van der Waals surface area contributed by atoms with E-state index in [-0.39, 0.29) is 5.91 Å². The molecule has 1 amide bonds. The number of fused-ring (bicyclic) bond motifs is 1. The fraction of sp³-hybridized carbons (Fsp3) is 0.278. The zero-order chi connectivity index (χ0) is 15.7. The number of para-hydroxylation sites is 1. The second-order valence-corrected chi connectivity index (χ2v) is 5.71. The van der Waals surface area contributed by atoms with Crippen molar-refractivity contribution in [2.75, 3.05) is 6.54 Å². The molecule has 0 saturated carbocycles. The van der Waals surface area contributed by atoms with Gasteiger partial charge in [0, 0.05) is 42.1 Å². The summed E-state index contributed by atoms with van der Waals surface area (Å²) in [6.07, 6.45) is 2.84. The maximum absolute atomic E-state index is 12.3. The van der Waals surface area contributed by atoms with E-state index < -0.39 is 0 Å². The van der Waals surface area contributed by atoms with Gasteiger partial charge in [0.15, 0.2) is 0 Å². The first-order valence-electron chi connectivity index (χ1n) is 7.54. The van der Waals surface area contributed by atoms with Crippen molar-refractivity contribution in [1.82, 2.24) is 14.9 Å². The Kier molecular flexibility index (Phi) is 3.75. The number of H-pyrrole nitrogens is 1. The molecule has 4 heteroatoms. The van der Waals surface area contributed by atoms with E-state index in [9.17, 15) is 4.79 Å². The number of nitrogens with one attached hydrogen (secondary N) is 2. The van der Waals surface area contributed by atoms with E-state index in [1.807, 2.05) is 49.9 Å². The van der Waals surface area contributed by atoms with Crippen molar-refractivity contribution >= 4 is 16.8 Å². The molecule has 2 aromatic heterocycles. The van der Waals surface area contributed by atoms with Gasteiger partial charge in [-0.15, -0.1) is 0 Å². The van der Waals surface area contributed by atoms with Crippen molar-refractivity contribution in [3.63, 3.8) is 0 Å². The van der Waals surface area contributed by atoms with E-state index in [0.29, 0.717) is 6.54 Å². The molecule has 0 spiro atoms. The van der Waals surface area contributed by atoms with E-state index in [0.717, 1.165) is 28.9 Å². The van der Waals surface area contributed by atoms with Crippen LogP contribution in [0.3, 0.4) is 0 Å². The smallest absolute Gasteiger partial charge is 0.253 e. The van der Waals surface area contributed by atoms with Crippen LogP contribution in [0.1, 0.15) is 27.3 Å². The molecule has 0 unspecified atom stereocenters. The van der Waals surface area contributed by atoms with Gasteiger partial charge in [-0.3, -0.25) is 4.79 Å². The lowest BCUT2D eigenvalue weighted by atomic mass is 10.1. The summed E-state index contributed by atoms with van der Waals surface area (Å²) < 4.78 is 2.04. The fourth-order valence-corrected chi connectivity index (χ4v) is 2.83. The third kappa shape index (κ3) is 2.52. The van der Waals surface area contributed by atoms with Crippen LogP contribution >= 0.6 is 0 Å². The number of carbonyl (C=O) groups is 1. The Morgan fingerprint density at radius 3 is 2.77 bits per heavy atom. The van der Waals surface area contributed by atoms with Gasteiger partial charge in [-0.25, -0.2) is 0 Å². The third-order valence-electron chi connectivity index (χ3n) is 4.37. The standard InChI is InChI=1S/C18H21N3O/c1-12-10-16(13(2)21(12)3)18(22)19-9-8-14-11-20-17-7-5-4-6-15(14)17/h4-7,10-11,20H,8-9H2,1-3H3,(H,19,22). The summed E-state index contributed by atoms with van der Waals surface area (Å²) in [7, 11) is 1.98. The van der Waals surface area contributed by atoms with Crippen molar-refractivity contribution in [2.45, 2.75) is 20.3 Å². The summed E-state index contributed by atoms with van der Waals surface area (Å²) in [6.45, 7) is 4.62. The molecule has 0 aliphatic rings. The molecule has 114 valence electrons. The van der Waals surface area contributed by atoms with E-state index in [1.54, 1.807) is 0 Å². The summed E-state index contributed by atoms with van der Waals surface area (Å²) in [5.41, 5.74) is 5.23. The molecule has 3 rings (SSSR count). The van der Waals surface area contributed by atoms with Crippen LogP contribution in [-0.4, -0.2) is 22.0 Å². The zero-order valence-electron chi connectivity index (χ0n) is 13.2.